The molecule has 2 N–H and O–H groups in total. The average molecular weight is 436 g/mol. The van der Waals surface area contributed by atoms with E-state index < -0.39 is 24.5 Å². The predicted molar refractivity (Wildman–Crippen MR) is 118 cm³/mol. The standard InChI is InChI=1S/C14H14.C11H10O7/c1-3-7-13(8-4-1)11-12-14-9-5-2-6-10-14;1-17-9(12)5-18-8-3-2-6(10(13)14)4-7(8)11(15)16/h1-10H,11-12H2;2-4H,5H2,1H3,(H,13,14)(H,15,16). The lowest BCUT2D eigenvalue weighted by molar-refractivity contribution is -0.142. The molecule has 0 radical (unpaired) electrons. The van der Waals surface area contributed by atoms with Crippen LogP contribution in [-0.2, 0) is 22.4 Å². The minimum atomic E-state index is -1.35. The van der Waals surface area contributed by atoms with Crippen LogP contribution in [0.3, 0.4) is 0 Å². The third kappa shape index (κ3) is 7.95. The molecule has 3 rings (SSSR count). The molecular weight excluding hydrogens is 412 g/mol. The zero-order valence-electron chi connectivity index (χ0n) is 17.6. The Hall–Kier alpha value is -4.13. The number of aromatic carboxylic acids is 2. The zero-order chi connectivity index (χ0) is 23.3. The molecule has 7 heteroatoms. The summed E-state index contributed by atoms with van der Waals surface area (Å²) in [6.07, 6.45) is 2.26. The molecule has 3 aromatic carbocycles. The van der Waals surface area contributed by atoms with Gasteiger partial charge in [-0.2, -0.15) is 0 Å². The lowest BCUT2D eigenvalue weighted by Gasteiger charge is -2.08. The summed E-state index contributed by atoms with van der Waals surface area (Å²) in [5.74, 6) is -3.37. The number of hydrogen-bond donors (Lipinski definition) is 2. The molecule has 0 aromatic heterocycles. The largest absolute Gasteiger partial charge is 0.481 e. The molecule has 0 aliphatic rings. The van der Waals surface area contributed by atoms with Crippen molar-refractivity contribution in [2.24, 2.45) is 0 Å². The second-order valence-corrected chi connectivity index (χ2v) is 6.66. The van der Waals surface area contributed by atoms with Gasteiger partial charge >= 0.3 is 17.9 Å². The van der Waals surface area contributed by atoms with Crippen LogP contribution in [0.2, 0.25) is 0 Å². The van der Waals surface area contributed by atoms with Crippen LogP contribution in [0.1, 0.15) is 31.8 Å². The molecule has 0 amide bonds. The molecule has 0 bridgehead atoms. The maximum Gasteiger partial charge on any atom is 0.343 e. The smallest absolute Gasteiger partial charge is 0.343 e. The summed E-state index contributed by atoms with van der Waals surface area (Å²) in [7, 11) is 1.16. The van der Waals surface area contributed by atoms with E-state index in [0.717, 1.165) is 26.0 Å². The predicted octanol–water partition coefficient (Wildman–Crippen LogP) is 4.11. The third-order valence-electron chi connectivity index (χ3n) is 4.42. The quantitative estimate of drug-likeness (QED) is 0.511. The summed E-state index contributed by atoms with van der Waals surface area (Å²) < 4.78 is 9.27. The monoisotopic (exact) mass is 436 g/mol. The molecule has 32 heavy (non-hydrogen) atoms. The molecule has 0 saturated heterocycles. The number of aryl methyl sites for hydroxylation is 2. The lowest BCUT2D eigenvalue weighted by Crippen LogP contribution is -2.14. The molecule has 0 aliphatic heterocycles. The van der Waals surface area contributed by atoms with E-state index in [1.807, 2.05) is 0 Å². The van der Waals surface area contributed by atoms with Crippen molar-refractivity contribution in [1.29, 1.82) is 0 Å². The van der Waals surface area contributed by atoms with Gasteiger partial charge in [-0.3, -0.25) is 0 Å². The number of carbonyl (C=O) groups is 3. The van der Waals surface area contributed by atoms with Gasteiger partial charge in [0, 0.05) is 0 Å². The van der Waals surface area contributed by atoms with Gasteiger partial charge in [0.15, 0.2) is 6.61 Å². The van der Waals surface area contributed by atoms with E-state index in [9.17, 15) is 14.4 Å². The number of hydrogen-bond acceptors (Lipinski definition) is 5. The summed E-state index contributed by atoms with van der Waals surface area (Å²) in [6, 6.07) is 24.6. The molecule has 0 unspecified atom stereocenters. The first kappa shape index (κ1) is 24.1. The van der Waals surface area contributed by atoms with E-state index in [-0.39, 0.29) is 16.9 Å². The van der Waals surface area contributed by atoms with Crippen LogP contribution >= 0.6 is 0 Å². The molecule has 0 saturated carbocycles. The Morgan fingerprint density at radius 2 is 1.28 bits per heavy atom. The highest BCUT2D eigenvalue weighted by atomic mass is 16.6. The maximum absolute atomic E-state index is 10.9. The van der Waals surface area contributed by atoms with Crippen LogP contribution < -0.4 is 4.74 Å². The molecule has 0 aliphatic carbocycles. The van der Waals surface area contributed by atoms with E-state index in [0.29, 0.717) is 0 Å². The van der Waals surface area contributed by atoms with E-state index in [1.165, 1.54) is 23.3 Å². The maximum atomic E-state index is 10.9. The fourth-order valence-electron chi connectivity index (χ4n) is 2.73. The first-order valence-corrected chi connectivity index (χ1v) is 9.78. The molecular formula is C25H24O7. The SMILES string of the molecule is COC(=O)COc1ccc(C(=O)O)cc1C(=O)O.c1ccc(CCc2ccccc2)cc1. The van der Waals surface area contributed by atoms with Crippen molar-refractivity contribution in [2.75, 3.05) is 13.7 Å². The van der Waals surface area contributed by atoms with Crippen molar-refractivity contribution in [3.63, 3.8) is 0 Å². The van der Waals surface area contributed by atoms with Crippen molar-refractivity contribution in [2.45, 2.75) is 12.8 Å². The van der Waals surface area contributed by atoms with Gasteiger partial charge in [-0.1, -0.05) is 60.7 Å². The first-order valence-electron chi connectivity index (χ1n) is 9.78. The van der Waals surface area contributed by atoms with E-state index in [1.54, 1.807) is 0 Å². The van der Waals surface area contributed by atoms with Crippen LogP contribution in [0.25, 0.3) is 0 Å². The fourth-order valence-corrected chi connectivity index (χ4v) is 2.73. The Balaban J connectivity index is 0.000000233. The number of carbonyl (C=O) groups excluding carboxylic acids is 1. The minimum Gasteiger partial charge on any atom is -0.481 e. The van der Waals surface area contributed by atoms with Gasteiger partial charge in [-0.05, 0) is 42.2 Å². The summed E-state index contributed by atoms with van der Waals surface area (Å²) in [5.41, 5.74) is 2.31. The van der Waals surface area contributed by atoms with Crippen molar-refractivity contribution in [3.05, 3.63) is 101 Å². The van der Waals surface area contributed by atoms with Crippen LogP contribution in [0.4, 0.5) is 0 Å². The molecule has 7 nitrogen and oxygen atoms in total. The Kier molecular flexibility index (Phi) is 9.46. The highest BCUT2D eigenvalue weighted by molar-refractivity contribution is 5.96. The minimum absolute atomic E-state index is 0.0992. The number of carboxylic acid groups (broad SMARTS) is 2. The number of benzene rings is 3. The first-order chi connectivity index (χ1) is 15.4. The molecule has 0 spiro atoms. The van der Waals surface area contributed by atoms with Gasteiger partial charge in [0.25, 0.3) is 0 Å². The zero-order valence-corrected chi connectivity index (χ0v) is 17.6. The second kappa shape index (κ2) is 12.5. The second-order valence-electron chi connectivity index (χ2n) is 6.66. The van der Waals surface area contributed by atoms with Gasteiger partial charge in [0.1, 0.15) is 11.3 Å². The highest BCUT2D eigenvalue weighted by Gasteiger charge is 2.16. The van der Waals surface area contributed by atoms with Crippen LogP contribution in [-0.4, -0.2) is 41.8 Å². The Morgan fingerprint density at radius 3 is 1.72 bits per heavy atom. The number of esters is 1. The van der Waals surface area contributed by atoms with Crippen molar-refractivity contribution in [1.82, 2.24) is 0 Å². The summed E-state index contributed by atoms with van der Waals surface area (Å²) in [6.45, 7) is -0.455. The Bertz CT molecular complexity index is 991. The Labute approximate surface area is 185 Å². The van der Waals surface area contributed by atoms with Crippen LogP contribution in [0.15, 0.2) is 78.9 Å². The molecule has 3 aromatic rings. The molecule has 0 heterocycles. The highest BCUT2D eigenvalue weighted by Crippen LogP contribution is 2.20. The number of carboxylic acids is 2. The normalized spacial score (nSPS) is 9.78. The summed E-state index contributed by atoms with van der Waals surface area (Å²) in [5, 5.41) is 17.6. The molecule has 166 valence electrons. The van der Waals surface area contributed by atoms with Gasteiger partial charge in [0.2, 0.25) is 0 Å². The molecule has 0 atom stereocenters. The molecule has 0 fully saturated rings. The average Bonchev–Trinajstić information content (AvgIpc) is 2.82. The topological polar surface area (TPSA) is 110 Å². The van der Waals surface area contributed by atoms with Gasteiger partial charge in [0.05, 0.1) is 12.7 Å². The van der Waals surface area contributed by atoms with Crippen LogP contribution in [0, 0.1) is 0 Å². The number of ether oxygens (including phenoxy) is 2. The van der Waals surface area contributed by atoms with Gasteiger partial charge in [-0.25, -0.2) is 14.4 Å². The van der Waals surface area contributed by atoms with E-state index in [4.69, 9.17) is 14.9 Å². The summed E-state index contributed by atoms with van der Waals surface area (Å²) in [4.78, 5) is 32.5. The van der Waals surface area contributed by atoms with E-state index >= 15 is 0 Å². The lowest BCUT2D eigenvalue weighted by atomic mass is 10.0. The summed E-state index contributed by atoms with van der Waals surface area (Å²) >= 11 is 0. The van der Waals surface area contributed by atoms with E-state index in [2.05, 4.69) is 65.4 Å². The van der Waals surface area contributed by atoms with Gasteiger partial charge in [-0.15, -0.1) is 0 Å². The third-order valence-corrected chi connectivity index (χ3v) is 4.42. The number of rotatable bonds is 8. The van der Waals surface area contributed by atoms with Crippen molar-refractivity contribution < 1.29 is 34.1 Å². The fraction of sp³-hybridized carbons (Fsp3) is 0.160. The van der Waals surface area contributed by atoms with Crippen LogP contribution in [0.5, 0.6) is 5.75 Å². The van der Waals surface area contributed by atoms with Crippen molar-refractivity contribution in [3.8, 4) is 5.75 Å². The Morgan fingerprint density at radius 1 is 0.750 bits per heavy atom. The number of methoxy groups -OCH3 is 1. The van der Waals surface area contributed by atoms with Gasteiger partial charge < -0.3 is 19.7 Å². The van der Waals surface area contributed by atoms with Crippen molar-refractivity contribution >= 4 is 17.9 Å².